The quantitative estimate of drug-likeness (QED) is 0.633. The van der Waals surface area contributed by atoms with Crippen molar-refractivity contribution in [3.05, 3.63) is 59.9 Å². The van der Waals surface area contributed by atoms with Gasteiger partial charge in [-0.3, -0.25) is 4.79 Å². The van der Waals surface area contributed by atoms with Crippen LogP contribution in [0.4, 0.5) is 0 Å². The Balaban J connectivity index is 1.54. The molecule has 2 atom stereocenters. The van der Waals surface area contributed by atoms with E-state index < -0.39 is 0 Å². The summed E-state index contributed by atoms with van der Waals surface area (Å²) in [5.41, 5.74) is 1.80. The van der Waals surface area contributed by atoms with Crippen LogP contribution in [0, 0.1) is 0 Å². The second-order valence-corrected chi connectivity index (χ2v) is 7.06. The third-order valence-corrected chi connectivity index (χ3v) is 5.35. The molecule has 1 saturated heterocycles. The molecular weight excluding hydrogens is 370 g/mol. The molecule has 0 saturated carbocycles. The Morgan fingerprint density at radius 3 is 2.66 bits per heavy atom. The van der Waals surface area contributed by atoms with Gasteiger partial charge in [0.05, 0.1) is 25.8 Å². The molecule has 150 valence electrons. The van der Waals surface area contributed by atoms with Gasteiger partial charge in [0, 0.05) is 24.9 Å². The molecule has 7 nitrogen and oxygen atoms in total. The van der Waals surface area contributed by atoms with E-state index in [0.717, 1.165) is 5.56 Å². The minimum Gasteiger partial charge on any atom is -0.497 e. The van der Waals surface area contributed by atoms with E-state index in [0.29, 0.717) is 41.7 Å². The average Bonchev–Trinajstić information content (AvgIpc) is 3.40. The lowest BCUT2D eigenvalue weighted by Crippen LogP contribution is -2.28. The summed E-state index contributed by atoms with van der Waals surface area (Å²) in [7, 11) is 3.17. The molecule has 1 aliphatic heterocycles. The van der Waals surface area contributed by atoms with Gasteiger partial charge in [0.1, 0.15) is 11.5 Å². The highest BCUT2D eigenvalue weighted by atomic mass is 16.5. The van der Waals surface area contributed by atoms with Crippen LogP contribution in [0.5, 0.6) is 11.5 Å². The number of amides is 1. The number of hydrogen-bond donors (Lipinski definition) is 0. The maximum absolute atomic E-state index is 12.6. The van der Waals surface area contributed by atoms with Gasteiger partial charge in [-0.1, -0.05) is 35.5 Å². The Morgan fingerprint density at radius 1 is 1.14 bits per heavy atom. The molecule has 0 bridgehead atoms. The topological polar surface area (TPSA) is 77.7 Å². The summed E-state index contributed by atoms with van der Waals surface area (Å²) in [5.74, 6) is 2.16. The first kappa shape index (κ1) is 19.0. The molecule has 2 heterocycles. The Bertz CT molecular complexity index is 1000. The Kier molecular flexibility index (Phi) is 5.20. The number of carbonyl (C=O) groups is 1. The molecule has 0 radical (unpaired) electrons. The third-order valence-electron chi connectivity index (χ3n) is 5.35. The van der Waals surface area contributed by atoms with Crippen molar-refractivity contribution in [3.8, 4) is 23.0 Å². The molecule has 1 fully saturated rings. The van der Waals surface area contributed by atoms with Crippen LogP contribution in [0.3, 0.4) is 0 Å². The molecule has 1 aromatic heterocycles. The van der Waals surface area contributed by atoms with Crippen molar-refractivity contribution in [1.82, 2.24) is 15.0 Å². The molecular formula is C22H23N3O4. The van der Waals surface area contributed by atoms with E-state index >= 15 is 0 Å². The zero-order chi connectivity index (χ0) is 20.4. The van der Waals surface area contributed by atoms with E-state index in [9.17, 15) is 4.79 Å². The molecule has 7 heteroatoms. The summed E-state index contributed by atoms with van der Waals surface area (Å²) < 4.78 is 16.1. The van der Waals surface area contributed by atoms with Crippen LogP contribution in [0.15, 0.2) is 53.1 Å². The highest BCUT2D eigenvalue weighted by Gasteiger charge is 2.36. The lowest BCUT2D eigenvalue weighted by atomic mass is 10.1. The van der Waals surface area contributed by atoms with Gasteiger partial charge in [0.15, 0.2) is 5.82 Å². The van der Waals surface area contributed by atoms with Crippen molar-refractivity contribution in [1.29, 1.82) is 0 Å². The van der Waals surface area contributed by atoms with E-state index in [4.69, 9.17) is 14.0 Å². The molecule has 29 heavy (non-hydrogen) atoms. The minimum absolute atomic E-state index is 0.00162. The van der Waals surface area contributed by atoms with Crippen LogP contribution in [-0.4, -0.2) is 41.7 Å². The largest absolute Gasteiger partial charge is 0.497 e. The van der Waals surface area contributed by atoms with Gasteiger partial charge in [-0.05, 0) is 24.6 Å². The van der Waals surface area contributed by atoms with Gasteiger partial charge in [-0.15, -0.1) is 0 Å². The van der Waals surface area contributed by atoms with E-state index in [1.54, 1.807) is 20.3 Å². The lowest BCUT2D eigenvalue weighted by Gasteiger charge is -2.25. The third kappa shape index (κ3) is 3.68. The van der Waals surface area contributed by atoms with Crippen molar-refractivity contribution in [2.75, 3.05) is 20.8 Å². The molecule has 0 aliphatic carbocycles. The Hall–Kier alpha value is -3.35. The van der Waals surface area contributed by atoms with E-state index in [1.165, 1.54) is 0 Å². The SMILES string of the molecule is COc1ccc(-c2nc(C3CC(=O)N(C(C)c4ccccc4)C3)no2)c(OC)c1. The van der Waals surface area contributed by atoms with Gasteiger partial charge in [-0.25, -0.2) is 0 Å². The van der Waals surface area contributed by atoms with Crippen LogP contribution >= 0.6 is 0 Å². The lowest BCUT2D eigenvalue weighted by molar-refractivity contribution is -0.129. The summed E-state index contributed by atoms with van der Waals surface area (Å²) in [6.45, 7) is 2.60. The van der Waals surface area contributed by atoms with Crippen molar-refractivity contribution in [3.63, 3.8) is 0 Å². The molecule has 2 unspecified atom stereocenters. The Labute approximate surface area is 169 Å². The summed E-state index contributed by atoms with van der Waals surface area (Å²) >= 11 is 0. The first-order valence-electron chi connectivity index (χ1n) is 9.51. The first-order chi connectivity index (χ1) is 14.1. The number of carbonyl (C=O) groups excluding carboxylic acids is 1. The van der Waals surface area contributed by atoms with Crippen LogP contribution in [0.2, 0.25) is 0 Å². The molecule has 1 aliphatic rings. The van der Waals surface area contributed by atoms with Crippen molar-refractivity contribution >= 4 is 5.91 Å². The highest BCUT2D eigenvalue weighted by Crippen LogP contribution is 2.36. The zero-order valence-electron chi connectivity index (χ0n) is 16.7. The number of rotatable bonds is 6. The van der Waals surface area contributed by atoms with Gasteiger partial charge < -0.3 is 18.9 Å². The zero-order valence-corrected chi connectivity index (χ0v) is 16.7. The van der Waals surface area contributed by atoms with E-state index in [-0.39, 0.29) is 17.9 Å². The maximum Gasteiger partial charge on any atom is 0.261 e. The maximum atomic E-state index is 12.6. The standard InChI is InChI=1S/C22H23N3O4/c1-14(15-7-5-4-6-8-15)25-13-16(11-20(25)26)21-23-22(29-24-21)18-10-9-17(27-2)12-19(18)28-3/h4-10,12,14,16H,11,13H2,1-3H3. The molecule has 0 N–H and O–H groups in total. The van der Waals surface area contributed by atoms with Crippen LogP contribution in [0.1, 0.15) is 36.7 Å². The predicted molar refractivity (Wildman–Crippen MR) is 107 cm³/mol. The minimum atomic E-state index is -0.101. The molecule has 0 spiro atoms. The van der Waals surface area contributed by atoms with Gasteiger partial charge in [0.25, 0.3) is 5.89 Å². The second kappa shape index (κ2) is 7.95. The number of ether oxygens (including phenoxy) is 2. The first-order valence-corrected chi connectivity index (χ1v) is 9.51. The second-order valence-electron chi connectivity index (χ2n) is 7.06. The summed E-state index contributed by atoms with van der Waals surface area (Å²) in [6, 6.07) is 15.4. The predicted octanol–water partition coefficient (Wildman–Crippen LogP) is 3.83. The molecule has 1 amide bonds. The summed E-state index contributed by atoms with van der Waals surface area (Å²) in [6.07, 6.45) is 0.371. The fraction of sp³-hybridized carbons (Fsp3) is 0.318. The highest BCUT2D eigenvalue weighted by molar-refractivity contribution is 5.80. The van der Waals surface area contributed by atoms with Crippen molar-refractivity contribution in [2.45, 2.75) is 25.3 Å². The van der Waals surface area contributed by atoms with Crippen LogP contribution < -0.4 is 9.47 Å². The molecule has 3 aromatic rings. The smallest absolute Gasteiger partial charge is 0.261 e. The van der Waals surface area contributed by atoms with Crippen molar-refractivity contribution in [2.24, 2.45) is 0 Å². The number of methoxy groups -OCH3 is 2. The average molecular weight is 393 g/mol. The molecule has 4 rings (SSSR count). The van der Waals surface area contributed by atoms with E-state index in [1.807, 2.05) is 54.3 Å². The molecule has 2 aromatic carbocycles. The number of nitrogens with zero attached hydrogens (tertiary/aromatic N) is 3. The number of likely N-dealkylation sites (tertiary alicyclic amines) is 1. The monoisotopic (exact) mass is 393 g/mol. The number of hydrogen-bond acceptors (Lipinski definition) is 6. The van der Waals surface area contributed by atoms with E-state index in [2.05, 4.69) is 10.1 Å². The van der Waals surface area contributed by atoms with Crippen LogP contribution in [0.25, 0.3) is 11.5 Å². The number of aromatic nitrogens is 2. The summed E-state index contributed by atoms with van der Waals surface area (Å²) in [4.78, 5) is 19.1. The van der Waals surface area contributed by atoms with Gasteiger partial charge >= 0.3 is 0 Å². The van der Waals surface area contributed by atoms with Crippen LogP contribution in [-0.2, 0) is 4.79 Å². The van der Waals surface area contributed by atoms with Gasteiger partial charge in [-0.2, -0.15) is 4.98 Å². The fourth-order valence-electron chi connectivity index (χ4n) is 3.68. The summed E-state index contributed by atoms with van der Waals surface area (Å²) in [5, 5.41) is 4.14. The number of benzene rings is 2. The van der Waals surface area contributed by atoms with Gasteiger partial charge in [0.2, 0.25) is 5.91 Å². The van der Waals surface area contributed by atoms with Crippen molar-refractivity contribution < 1.29 is 18.8 Å². The Morgan fingerprint density at radius 2 is 1.93 bits per heavy atom. The fourth-order valence-corrected chi connectivity index (χ4v) is 3.68. The normalized spacial score (nSPS) is 17.4.